The van der Waals surface area contributed by atoms with Crippen LogP contribution in [0.5, 0.6) is 5.75 Å². The molecule has 1 amide bonds. The van der Waals surface area contributed by atoms with Crippen LogP contribution in [0.3, 0.4) is 0 Å². The predicted molar refractivity (Wildman–Crippen MR) is 103 cm³/mol. The third kappa shape index (κ3) is 3.91. The summed E-state index contributed by atoms with van der Waals surface area (Å²) in [4.78, 5) is 20.7. The van der Waals surface area contributed by atoms with Gasteiger partial charge in [-0.2, -0.15) is 13.2 Å². The molecule has 3 N–H and O–H groups in total. The number of nitrogens with one attached hydrogen (secondary N) is 1. The molecule has 1 saturated carbocycles. The largest absolute Gasteiger partial charge is 0.494 e. The normalized spacial score (nSPS) is 21.3. The van der Waals surface area contributed by atoms with E-state index < -0.39 is 24.0 Å². The molecule has 2 aliphatic rings. The predicted octanol–water partition coefficient (Wildman–Crippen LogP) is 2.26. The molecule has 1 aromatic heterocycles. The molecule has 0 saturated heterocycles. The highest BCUT2D eigenvalue weighted by Gasteiger charge is 2.38. The zero-order valence-corrected chi connectivity index (χ0v) is 16.2. The summed E-state index contributed by atoms with van der Waals surface area (Å²) in [5, 5.41) is 3.23. The van der Waals surface area contributed by atoms with Crippen molar-refractivity contribution in [1.29, 1.82) is 0 Å². The van der Waals surface area contributed by atoms with E-state index in [1.54, 1.807) is 6.07 Å². The van der Waals surface area contributed by atoms with E-state index in [1.165, 1.54) is 19.2 Å². The number of hydrogen-bond acceptors (Lipinski definition) is 6. The summed E-state index contributed by atoms with van der Waals surface area (Å²) >= 11 is 0. The fraction of sp³-hybridized carbons (Fsp3) is 0.450. The number of carbonyl (C=O) groups excluding carboxylic acids is 1. The number of nitrogens with two attached hydrogens (primary N) is 1. The number of methoxy groups -OCH3 is 1. The second-order valence-corrected chi connectivity index (χ2v) is 7.37. The minimum absolute atomic E-state index is 0.0297. The van der Waals surface area contributed by atoms with E-state index in [4.69, 9.17) is 15.2 Å². The first-order valence-electron chi connectivity index (χ1n) is 9.59. The van der Waals surface area contributed by atoms with Crippen LogP contribution < -0.4 is 15.8 Å². The molecule has 2 aromatic rings. The molecule has 0 spiro atoms. The van der Waals surface area contributed by atoms with E-state index in [2.05, 4.69) is 15.3 Å². The molecule has 1 aromatic carbocycles. The van der Waals surface area contributed by atoms with Gasteiger partial charge in [-0.05, 0) is 43.0 Å². The van der Waals surface area contributed by atoms with Crippen molar-refractivity contribution < 1.29 is 27.4 Å². The maximum atomic E-state index is 13.1. The molecular weight excluding hydrogens is 401 g/mol. The standard InChI is InChI=1S/C20H21F3N4O3/c1-29-13-6-4-12(11-5-7-15(20(21,22)23)26-16(11)13)19-27-17(14(8-24)30-19)18(28)25-9-10-2-3-10/h4-7,10,14,17H,2-3,8-9,24H2,1H3,(H,25,28). The summed E-state index contributed by atoms with van der Waals surface area (Å²) in [5.74, 6) is 0.567. The lowest BCUT2D eigenvalue weighted by atomic mass is 10.1. The molecule has 2 heterocycles. The number of ether oxygens (including phenoxy) is 2. The molecule has 4 rings (SSSR count). The molecule has 7 nitrogen and oxygen atoms in total. The van der Waals surface area contributed by atoms with Gasteiger partial charge >= 0.3 is 6.18 Å². The molecular formula is C20H21F3N4O3. The van der Waals surface area contributed by atoms with Crippen molar-refractivity contribution in [1.82, 2.24) is 10.3 Å². The molecule has 1 aliphatic heterocycles. The second kappa shape index (κ2) is 7.75. The summed E-state index contributed by atoms with van der Waals surface area (Å²) in [5.41, 5.74) is 5.18. The van der Waals surface area contributed by atoms with Crippen molar-refractivity contribution in [2.24, 2.45) is 16.6 Å². The fourth-order valence-corrected chi connectivity index (χ4v) is 3.36. The smallest absolute Gasteiger partial charge is 0.433 e. The van der Waals surface area contributed by atoms with Gasteiger partial charge in [0, 0.05) is 24.0 Å². The maximum Gasteiger partial charge on any atom is 0.433 e. The van der Waals surface area contributed by atoms with Crippen molar-refractivity contribution in [3.8, 4) is 5.75 Å². The minimum Gasteiger partial charge on any atom is -0.494 e. The number of alkyl halides is 3. The van der Waals surface area contributed by atoms with Crippen LogP contribution in [0.2, 0.25) is 0 Å². The summed E-state index contributed by atoms with van der Waals surface area (Å²) in [6.45, 7) is 0.659. The monoisotopic (exact) mass is 422 g/mol. The molecule has 30 heavy (non-hydrogen) atoms. The van der Waals surface area contributed by atoms with Gasteiger partial charge in [-0.3, -0.25) is 4.79 Å². The van der Waals surface area contributed by atoms with E-state index in [0.717, 1.165) is 18.9 Å². The number of carbonyl (C=O) groups is 1. The highest BCUT2D eigenvalue weighted by molar-refractivity contribution is 6.09. The number of aromatic nitrogens is 1. The van der Waals surface area contributed by atoms with Crippen molar-refractivity contribution in [3.05, 3.63) is 35.5 Å². The fourth-order valence-electron chi connectivity index (χ4n) is 3.36. The van der Waals surface area contributed by atoms with E-state index in [0.29, 0.717) is 23.4 Å². The molecule has 2 unspecified atom stereocenters. The van der Waals surface area contributed by atoms with E-state index in [1.807, 2.05) is 0 Å². The first kappa shape index (κ1) is 20.4. The van der Waals surface area contributed by atoms with E-state index >= 15 is 0 Å². The first-order chi connectivity index (χ1) is 14.3. The van der Waals surface area contributed by atoms with Crippen LogP contribution in [0.15, 0.2) is 29.3 Å². The Hall–Kier alpha value is -2.88. The molecule has 10 heteroatoms. The zero-order valence-electron chi connectivity index (χ0n) is 16.2. The summed E-state index contributed by atoms with van der Waals surface area (Å²) < 4.78 is 50.3. The lowest BCUT2D eigenvalue weighted by molar-refractivity contribution is -0.141. The number of hydrogen-bond donors (Lipinski definition) is 2. The van der Waals surface area contributed by atoms with Crippen molar-refractivity contribution >= 4 is 22.7 Å². The molecule has 2 atom stereocenters. The number of fused-ring (bicyclic) bond motifs is 1. The van der Waals surface area contributed by atoms with E-state index in [9.17, 15) is 18.0 Å². The van der Waals surface area contributed by atoms with Crippen LogP contribution >= 0.6 is 0 Å². The second-order valence-electron chi connectivity index (χ2n) is 7.37. The Morgan fingerprint density at radius 1 is 1.30 bits per heavy atom. The highest BCUT2D eigenvalue weighted by atomic mass is 19.4. The Morgan fingerprint density at radius 2 is 2.07 bits per heavy atom. The highest BCUT2D eigenvalue weighted by Crippen LogP contribution is 2.34. The van der Waals surface area contributed by atoms with Gasteiger partial charge in [-0.15, -0.1) is 0 Å². The van der Waals surface area contributed by atoms with Gasteiger partial charge in [0.25, 0.3) is 0 Å². The van der Waals surface area contributed by atoms with Gasteiger partial charge in [0.2, 0.25) is 11.8 Å². The SMILES string of the molecule is COc1ccc(C2=NC(C(=O)NCC3CC3)C(CN)O2)c2ccc(C(F)(F)F)nc12. The van der Waals surface area contributed by atoms with Crippen LogP contribution in [-0.4, -0.2) is 49.1 Å². The summed E-state index contributed by atoms with van der Waals surface area (Å²) in [6, 6.07) is 4.48. The first-order valence-corrected chi connectivity index (χ1v) is 9.59. The lowest BCUT2D eigenvalue weighted by Gasteiger charge is -2.16. The quantitative estimate of drug-likeness (QED) is 0.744. The number of nitrogens with zero attached hydrogens (tertiary/aromatic N) is 2. The van der Waals surface area contributed by atoms with Gasteiger partial charge in [0.05, 0.1) is 7.11 Å². The van der Waals surface area contributed by atoms with Crippen LogP contribution in [0.25, 0.3) is 10.9 Å². The topological polar surface area (TPSA) is 98.8 Å². The van der Waals surface area contributed by atoms with Gasteiger partial charge < -0.3 is 20.5 Å². The van der Waals surface area contributed by atoms with Crippen LogP contribution in [0.1, 0.15) is 24.1 Å². The van der Waals surface area contributed by atoms with Gasteiger partial charge in [-0.25, -0.2) is 9.98 Å². The third-order valence-corrected chi connectivity index (χ3v) is 5.20. The molecule has 1 fully saturated rings. The summed E-state index contributed by atoms with van der Waals surface area (Å²) in [7, 11) is 1.35. The summed E-state index contributed by atoms with van der Waals surface area (Å²) in [6.07, 6.45) is -3.05. The number of aliphatic imine (C=N–C) groups is 1. The van der Waals surface area contributed by atoms with Crippen LogP contribution in [0, 0.1) is 5.92 Å². The van der Waals surface area contributed by atoms with Gasteiger partial charge in [0.1, 0.15) is 23.1 Å². The molecule has 160 valence electrons. The molecule has 0 bridgehead atoms. The van der Waals surface area contributed by atoms with Gasteiger partial charge in [-0.1, -0.05) is 0 Å². The Kier molecular flexibility index (Phi) is 5.27. The Morgan fingerprint density at radius 3 is 2.70 bits per heavy atom. The lowest BCUT2D eigenvalue weighted by Crippen LogP contribution is -2.43. The number of benzene rings is 1. The Labute approximate surface area is 170 Å². The average Bonchev–Trinajstić information content (AvgIpc) is 3.46. The number of amides is 1. The van der Waals surface area contributed by atoms with Crippen LogP contribution in [0.4, 0.5) is 13.2 Å². The maximum absolute atomic E-state index is 13.1. The van der Waals surface area contributed by atoms with Gasteiger partial charge in [0.15, 0.2) is 6.04 Å². The van der Waals surface area contributed by atoms with Crippen molar-refractivity contribution in [3.63, 3.8) is 0 Å². The van der Waals surface area contributed by atoms with E-state index in [-0.39, 0.29) is 29.6 Å². The van der Waals surface area contributed by atoms with Crippen LogP contribution in [-0.2, 0) is 15.7 Å². The number of halogens is 3. The Balaban J connectivity index is 1.71. The zero-order chi connectivity index (χ0) is 21.5. The van der Waals surface area contributed by atoms with Crippen molar-refractivity contribution in [2.45, 2.75) is 31.2 Å². The molecule has 1 aliphatic carbocycles. The van der Waals surface area contributed by atoms with Crippen molar-refractivity contribution in [2.75, 3.05) is 20.2 Å². The minimum atomic E-state index is -4.59. The Bertz CT molecular complexity index is 1000. The number of rotatable bonds is 6. The number of pyridine rings is 1. The third-order valence-electron chi connectivity index (χ3n) is 5.20. The molecule has 0 radical (unpaired) electrons. The average molecular weight is 422 g/mol.